The van der Waals surface area contributed by atoms with Gasteiger partial charge in [-0.15, -0.1) is 10.2 Å². The first-order valence-electron chi connectivity index (χ1n) is 9.71. The monoisotopic (exact) mass is 433 g/mol. The fourth-order valence-electron chi connectivity index (χ4n) is 3.05. The number of thioether (sulfide) groups is 1. The van der Waals surface area contributed by atoms with Gasteiger partial charge in [0.2, 0.25) is 0 Å². The van der Waals surface area contributed by atoms with Gasteiger partial charge in [-0.2, -0.15) is 0 Å². The minimum absolute atomic E-state index is 0.0975. The van der Waals surface area contributed by atoms with Crippen molar-refractivity contribution < 1.29 is 13.9 Å². The summed E-state index contributed by atoms with van der Waals surface area (Å²) < 4.78 is 20.6. The summed E-state index contributed by atoms with van der Waals surface area (Å²) in [5, 5.41) is 9.12. The normalized spacial score (nSPS) is 10.8. The van der Waals surface area contributed by atoms with E-state index in [0.29, 0.717) is 11.0 Å². The SMILES string of the molecule is Cc1ccccc1COC(=O)CSc1nnc(-c2ccc(F)cc2)n1-c1ccccc1. The number of ether oxygens (including phenoxy) is 1. The molecule has 0 atom stereocenters. The zero-order valence-corrected chi connectivity index (χ0v) is 17.7. The third-order valence-corrected chi connectivity index (χ3v) is 5.62. The lowest BCUT2D eigenvalue weighted by atomic mass is 10.1. The van der Waals surface area contributed by atoms with Crippen molar-refractivity contribution in [1.82, 2.24) is 14.8 Å². The van der Waals surface area contributed by atoms with Gasteiger partial charge in [-0.1, -0.05) is 54.2 Å². The predicted molar refractivity (Wildman–Crippen MR) is 118 cm³/mol. The van der Waals surface area contributed by atoms with Crippen LogP contribution in [0.3, 0.4) is 0 Å². The van der Waals surface area contributed by atoms with Gasteiger partial charge < -0.3 is 4.74 Å². The quantitative estimate of drug-likeness (QED) is 0.296. The topological polar surface area (TPSA) is 57.0 Å². The standard InChI is InChI=1S/C24H20FN3O2S/c1-17-7-5-6-8-19(17)15-30-22(29)16-31-24-27-26-23(18-11-13-20(25)14-12-18)28(24)21-9-3-2-4-10-21/h2-14H,15-16H2,1H3. The zero-order chi connectivity index (χ0) is 21.6. The maximum absolute atomic E-state index is 13.4. The molecular formula is C24H20FN3O2S. The Labute approximate surface area is 183 Å². The van der Waals surface area contributed by atoms with Crippen LogP contribution in [0.25, 0.3) is 17.1 Å². The van der Waals surface area contributed by atoms with Gasteiger partial charge in [0.1, 0.15) is 12.4 Å². The maximum Gasteiger partial charge on any atom is 0.316 e. The maximum atomic E-state index is 13.4. The van der Waals surface area contributed by atoms with E-state index in [4.69, 9.17) is 4.74 Å². The van der Waals surface area contributed by atoms with Crippen LogP contribution in [0.1, 0.15) is 11.1 Å². The van der Waals surface area contributed by atoms with Crippen molar-refractivity contribution in [2.24, 2.45) is 0 Å². The number of hydrogen-bond donors (Lipinski definition) is 0. The second-order valence-electron chi connectivity index (χ2n) is 6.86. The Morgan fingerprint density at radius 3 is 2.42 bits per heavy atom. The molecule has 0 aliphatic heterocycles. The molecule has 0 aliphatic rings. The van der Waals surface area contributed by atoms with Crippen molar-refractivity contribution in [3.8, 4) is 17.1 Å². The van der Waals surface area contributed by atoms with Gasteiger partial charge in [0.25, 0.3) is 0 Å². The first kappa shape index (κ1) is 20.8. The summed E-state index contributed by atoms with van der Waals surface area (Å²) in [4.78, 5) is 12.3. The number of halogens is 1. The highest BCUT2D eigenvalue weighted by Crippen LogP contribution is 2.28. The lowest BCUT2D eigenvalue weighted by Crippen LogP contribution is -2.09. The lowest BCUT2D eigenvalue weighted by Gasteiger charge is -2.10. The van der Waals surface area contributed by atoms with Crippen LogP contribution in [-0.2, 0) is 16.1 Å². The minimum Gasteiger partial charge on any atom is -0.460 e. The van der Waals surface area contributed by atoms with E-state index in [1.54, 1.807) is 12.1 Å². The van der Waals surface area contributed by atoms with Crippen LogP contribution >= 0.6 is 11.8 Å². The largest absolute Gasteiger partial charge is 0.460 e. The number of carbonyl (C=O) groups is 1. The summed E-state index contributed by atoms with van der Waals surface area (Å²) in [5.74, 6) is 0.0157. The zero-order valence-electron chi connectivity index (χ0n) is 16.9. The van der Waals surface area contributed by atoms with Crippen molar-refractivity contribution in [1.29, 1.82) is 0 Å². The van der Waals surface area contributed by atoms with Gasteiger partial charge in [-0.05, 0) is 54.4 Å². The van der Waals surface area contributed by atoms with Crippen molar-refractivity contribution >= 4 is 17.7 Å². The molecule has 0 saturated heterocycles. The van der Waals surface area contributed by atoms with Crippen LogP contribution in [0, 0.1) is 12.7 Å². The van der Waals surface area contributed by atoms with E-state index in [1.807, 2.05) is 66.1 Å². The molecule has 0 unspecified atom stereocenters. The predicted octanol–water partition coefficient (Wildman–Crippen LogP) is 5.22. The van der Waals surface area contributed by atoms with Crippen molar-refractivity contribution in [3.05, 3.63) is 95.8 Å². The average Bonchev–Trinajstić information content (AvgIpc) is 3.22. The second kappa shape index (κ2) is 9.57. The number of hydrogen-bond acceptors (Lipinski definition) is 5. The molecule has 31 heavy (non-hydrogen) atoms. The number of rotatable bonds is 7. The van der Waals surface area contributed by atoms with Gasteiger partial charge in [0.05, 0.1) is 5.75 Å². The summed E-state index contributed by atoms with van der Waals surface area (Å²) in [6.45, 7) is 2.22. The number of benzene rings is 3. The Morgan fingerprint density at radius 1 is 0.968 bits per heavy atom. The smallest absolute Gasteiger partial charge is 0.316 e. The molecule has 4 rings (SSSR count). The molecule has 0 fully saturated rings. The minimum atomic E-state index is -0.334. The van der Waals surface area contributed by atoms with Gasteiger partial charge >= 0.3 is 5.97 Å². The van der Waals surface area contributed by atoms with E-state index in [-0.39, 0.29) is 24.1 Å². The molecule has 4 aromatic rings. The van der Waals surface area contributed by atoms with Crippen molar-refractivity contribution in [3.63, 3.8) is 0 Å². The Balaban J connectivity index is 1.52. The van der Waals surface area contributed by atoms with Gasteiger partial charge in [0.15, 0.2) is 11.0 Å². The summed E-state index contributed by atoms with van der Waals surface area (Å²) in [6.07, 6.45) is 0. The Kier molecular flexibility index (Phi) is 6.43. The molecule has 0 spiro atoms. The highest BCUT2D eigenvalue weighted by atomic mass is 32.2. The number of aryl methyl sites for hydroxylation is 1. The fourth-order valence-corrected chi connectivity index (χ4v) is 3.80. The van der Waals surface area contributed by atoms with Crippen LogP contribution in [0.15, 0.2) is 84.0 Å². The molecule has 0 radical (unpaired) electrons. The third-order valence-electron chi connectivity index (χ3n) is 4.72. The molecule has 0 aliphatic carbocycles. The first-order chi connectivity index (χ1) is 15.1. The molecule has 3 aromatic carbocycles. The van der Waals surface area contributed by atoms with Crippen molar-refractivity contribution in [2.45, 2.75) is 18.7 Å². The lowest BCUT2D eigenvalue weighted by molar-refractivity contribution is -0.141. The van der Waals surface area contributed by atoms with Crippen LogP contribution in [-0.4, -0.2) is 26.5 Å². The number of esters is 1. The first-order valence-corrected chi connectivity index (χ1v) is 10.7. The number of nitrogens with zero attached hydrogens (tertiary/aromatic N) is 3. The molecule has 0 amide bonds. The highest BCUT2D eigenvalue weighted by molar-refractivity contribution is 7.99. The molecule has 1 heterocycles. The average molecular weight is 434 g/mol. The number of aromatic nitrogens is 3. The molecule has 156 valence electrons. The summed E-state index contributed by atoms with van der Waals surface area (Å²) in [5.41, 5.74) is 3.64. The van der Waals surface area contributed by atoms with Crippen LogP contribution in [0.4, 0.5) is 4.39 Å². The summed E-state index contributed by atoms with van der Waals surface area (Å²) in [6, 6.07) is 23.5. The molecule has 0 saturated carbocycles. The molecule has 0 bridgehead atoms. The van der Waals surface area contributed by atoms with Gasteiger partial charge in [0, 0.05) is 11.3 Å². The van der Waals surface area contributed by atoms with E-state index >= 15 is 0 Å². The van der Waals surface area contributed by atoms with E-state index in [2.05, 4.69) is 10.2 Å². The van der Waals surface area contributed by atoms with Crippen LogP contribution < -0.4 is 0 Å². The Morgan fingerprint density at radius 2 is 1.68 bits per heavy atom. The third kappa shape index (κ3) is 5.00. The van der Waals surface area contributed by atoms with Gasteiger partial charge in [-0.3, -0.25) is 9.36 Å². The summed E-state index contributed by atoms with van der Waals surface area (Å²) >= 11 is 1.25. The van der Waals surface area contributed by atoms with Gasteiger partial charge in [-0.25, -0.2) is 4.39 Å². The highest BCUT2D eigenvalue weighted by Gasteiger charge is 2.17. The van der Waals surface area contributed by atoms with E-state index in [1.165, 1.54) is 23.9 Å². The van der Waals surface area contributed by atoms with Crippen LogP contribution in [0.2, 0.25) is 0 Å². The molecule has 5 nitrogen and oxygen atoms in total. The molecule has 0 N–H and O–H groups in total. The van der Waals surface area contributed by atoms with Crippen LogP contribution in [0.5, 0.6) is 0 Å². The van der Waals surface area contributed by atoms with E-state index in [9.17, 15) is 9.18 Å². The Bertz CT molecular complexity index is 1180. The number of para-hydroxylation sites is 1. The summed E-state index contributed by atoms with van der Waals surface area (Å²) in [7, 11) is 0. The van der Waals surface area contributed by atoms with Crippen molar-refractivity contribution in [2.75, 3.05) is 5.75 Å². The van der Waals surface area contributed by atoms with E-state index < -0.39 is 0 Å². The molecule has 7 heteroatoms. The number of carbonyl (C=O) groups excluding carboxylic acids is 1. The second-order valence-corrected chi connectivity index (χ2v) is 7.80. The Hall–Kier alpha value is -3.45. The van der Waals surface area contributed by atoms with E-state index in [0.717, 1.165) is 22.4 Å². The molecule has 1 aromatic heterocycles. The fraction of sp³-hybridized carbons (Fsp3) is 0.125. The molecular weight excluding hydrogens is 413 g/mol.